The maximum atomic E-state index is 5.42. The van der Waals surface area contributed by atoms with Gasteiger partial charge < -0.3 is 10.1 Å². The van der Waals surface area contributed by atoms with E-state index >= 15 is 0 Å². The van der Waals surface area contributed by atoms with E-state index in [0.717, 1.165) is 33.6 Å². The quantitative estimate of drug-likeness (QED) is 0.789. The number of methoxy groups -OCH3 is 1. The highest BCUT2D eigenvalue weighted by Gasteiger charge is 2.13. The van der Waals surface area contributed by atoms with Crippen LogP contribution < -0.4 is 10.1 Å². The number of fused-ring (bicyclic) bond motifs is 1. The van der Waals surface area contributed by atoms with Crippen LogP contribution in [-0.4, -0.2) is 24.4 Å². The molecule has 0 bridgehead atoms. The third-order valence-electron chi connectivity index (χ3n) is 3.29. The first-order valence-corrected chi connectivity index (χ1v) is 6.41. The van der Waals surface area contributed by atoms with Crippen LogP contribution >= 0.6 is 0 Å². The second-order valence-corrected chi connectivity index (χ2v) is 4.39. The minimum absolute atomic E-state index is 0.777. The molecule has 0 atom stereocenters. The zero-order valence-electron chi connectivity index (χ0n) is 11.4. The normalized spacial score (nSPS) is 10.5. The van der Waals surface area contributed by atoms with Crippen molar-refractivity contribution in [2.45, 2.75) is 0 Å². The number of aromatic nitrogens is 2. The van der Waals surface area contributed by atoms with Crippen molar-refractivity contribution in [3.05, 3.63) is 48.5 Å². The zero-order chi connectivity index (χ0) is 13.9. The highest BCUT2D eigenvalue weighted by molar-refractivity contribution is 6.00. The van der Waals surface area contributed by atoms with Gasteiger partial charge in [-0.05, 0) is 12.1 Å². The molecular formula is C16H15N3O. The summed E-state index contributed by atoms with van der Waals surface area (Å²) in [5.74, 6) is 1.57. The fourth-order valence-electron chi connectivity index (χ4n) is 2.33. The van der Waals surface area contributed by atoms with Gasteiger partial charge in [0.15, 0.2) is 5.82 Å². The minimum atomic E-state index is 0.777. The van der Waals surface area contributed by atoms with Gasteiger partial charge >= 0.3 is 0 Å². The Balaban J connectivity index is 2.32. The molecule has 2 aromatic carbocycles. The van der Waals surface area contributed by atoms with Crippen molar-refractivity contribution in [1.29, 1.82) is 0 Å². The Morgan fingerprint density at radius 1 is 0.900 bits per heavy atom. The fraction of sp³-hybridized carbons (Fsp3) is 0.125. The van der Waals surface area contributed by atoms with Crippen molar-refractivity contribution in [1.82, 2.24) is 10.2 Å². The lowest BCUT2D eigenvalue weighted by molar-refractivity contribution is 0.416. The average Bonchev–Trinajstić information content (AvgIpc) is 2.53. The lowest BCUT2D eigenvalue weighted by Crippen LogP contribution is -1.99. The number of benzene rings is 2. The topological polar surface area (TPSA) is 47.0 Å². The Morgan fingerprint density at radius 3 is 2.35 bits per heavy atom. The molecule has 0 radical (unpaired) electrons. The second kappa shape index (κ2) is 5.17. The molecule has 1 N–H and O–H groups in total. The van der Waals surface area contributed by atoms with E-state index in [1.54, 1.807) is 7.11 Å². The lowest BCUT2D eigenvalue weighted by Gasteiger charge is -2.11. The maximum absolute atomic E-state index is 5.42. The monoisotopic (exact) mass is 265 g/mol. The van der Waals surface area contributed by atoms with E-state index < -0.39 is 0 Å². The standard InChI is InChI=1S/C16H15N3O/c1-17-16-12-8-4-3-7-11(12)15(18-19-16)13-9-5-6-10-14(13)20-2/h3-10H,1-2H3,(H,17,19). The molecule has 0 amide bonds. The average molecular weight is 265 g/mol. The van der Waals surface area contributed by atoms with Crippen molar-refractivity contribution in [3.63, 3.8) is 0 Å². The van der Waals surface area contributed by atoms with Gasteiger partial charge in [0.25, 0.3) is 0 Å². The van der Waals surface area contributed by atoms with E-state index in [-0.39, 0.29) is 0 Å². The van der Waals surface area contributed by atoms with E-state index in [2.05, 4.69) is 15.5 Å². The smallest absolute Gasteiger partial charge is 0.156 e. The molecule has 0 aliphatic heterocycles. The molecule has 3 rings (SSSR count). The molecule has 1 heterocycles. The molecule has 0 aliphatic carbocycles. The van der Waals surface area contributed by atoms with Gasteiger partial charge in [0.1, 0.15) is 11.4 Å². The Kier molecular flexibility index (Phi) is 3.21. The van der Waals surface area contributed by atoms with Gasteiger partial charge in [-0.2, -0.15) is 0 Å². The molecule has 4 nitrogen and oxygen atoms in total. The second-order valence-electron chi connectivity index (χ2n) is 4.39. The number of anilines is 1. The van der Waals surface area contributed by atoms with Gasteiger partial charge in [-0.1, -0.05) is 36.4 Å². The molecule has 4 heteroatoms. The number of nitrogens with zero attached hydrogens (tertiary/aromatic N) is 2. The molecule has 100 valence electrons. The summed E-state index contributed by atoms with van der Waals surface area (Å²) in [4.78, 5) is 0. The first-order valence-electron chi connectivity index (χ1n) is 6.41. The number of rotatable bonds is 3. The van der Waals surface area contributed by atoms with Crippen LogP contribution in [0.1, 0.15) is 0 Å². The molecular weight excluding hydrogens is 250 g/mol. The molecule has 0 fully saturated rings. The van der Waals surface area contributed by atoms with E-state index in [9.17, 15) is 0 Å². The largest absolute Gasteiger partial charge is 0.496 e. The van der Waals surface area contributed by atoms with Crippen LogP contribution in [0.15, 0.2) is 48.5 Å². The van der Waals surface area contributed by atoms with Gasteiger partial charge in [0, 0.05) is 23.4 Å². The van der Waals surface area contributed by atoms with E-state index in [1.165, 1.54) is 0 Å². The van der Waals surface area contributed by atoms with E-state index in [0.29, 0.717) is 0 Å². The zero-order valence-corrected chi connectivity index (χ0v) is 11.4. The molecule has 3 aromatic rings. The molecule has 0 unspecified atom stereocenters. The number of ether oxygens (including phenoxy) is 1. The Hall–Kier alpha value is -2.62. The van der Waals surface area contributed by atoms with E-state index in [4.69, 9.17) is 4.74 Å². The summed E-state index contributed by atoms with van der Waals surface area (Å²) < 4.78 is 5.42. The van der Waals surface area contributed by atoms with Crippen LogP contribution in [-0.2, 0) is 0 Å². The predicted molar refractivity (Wildman–Crippen MR) is 81.1 cm³/mol. The number of nitrogens with one attached hydrogen (secondary N) is 1. The van der Waals surface area contributed by atoms with Crippen LogP contribution in [0.4, 0.5) is 5.82 Å². The van der Waals surface area contributed by atoms with Crippen LogP contribution in [0.25, 0.3) is 22.0 Å². The number of hydrogen-bond donors (Lipinski definition) is 1. The summed E-state index contributed by atoms with van der Waals surface area (Å²) in [6.07, 6.45) is 0. The maximum Gasteiger partial charge on any atom is 0.156 e. The number of hydrogen-bond acceptors (Lipinski definition) is 4. The molecule has 20 heavy (non-hydrogen) atoms. The third kappa shape index (κ3) is 1.95. The first kappa shape index (κ1) is 12.4. The summed E-state index contributed by atoms with van der Waals surface area (Å²) in [5.41, 5.74) is 1.78. The fourth-order valence-corrected chi connectivity index (χ4v) is 2.33. The molecule has 1 aromatic heterocycles. The van der Waals surface area contributed by atoms with Crippen molar-refractivity contribution in [2.24, 2.45) is 0 Å². The molecule has 0 spiro atoms. The summed E-state index contributed by atoms with van der Waals surface area (Å²) in [7, 11) is 3.51. The highest BCUT2D eigenvalue weighted by Crippen LogP contribution is 2.34. The van der Waals surface area contributed by atoms with Crippen molar-refractivity contribution < 1.29 is 4.74 Å². The Labute approximate surface area is 117 Å². The first-order chi connectivity index (χ1) is 9.85. The summed E-state index contributed by atoms with van der Waals surface area (Å²) in [5, 5.41) is 13.8. The molecule has 0 saturated heterocycles. The van der Waals surface area contributed by atoms with Crippen molar-refractivity contribution >= 4 is 16.6 Å². The van der Waals surface area contributed by atoms with Crippen molar-refractivity contribution in [2.75, 3.05) is 19.5 Å². The van der Waals surface area contributed by atoms with Gasteiger partial charge in [-0.3, -0.25) is 0 Å². The molecule has 0 aliphatic rings. The summed E-state index contributed by atoms with van der Waals surface area (Å²) in [6.45, 7) is 0. The van der Waals surface area contributed by atoms with Gasteiger partial charge in [0.2, 0.25) is 0 Å². The van der Waals surface area contributed by atoms with Crippen LogP contribution in [0, 0.1) is 0 Å². The van der Waals surface area contributed by atoms with Crippen LogP contribution in [0.2, 0.25) is 0 Å². The Morgan fingerprint density at radius 2 is 1.60 bits per heavy atom. The van der Waals surface area contributed by atoms with Gasteiger partial charge in [-0.25, -0.2) is 0 Å². The minimum Gasteiger partial charge on any atom is -0.496 e. The Bertz CT molecular complexity index is 756. The van der Waals surface area contributed by atoms with Gasteiger partial charge in [-0.15, -0.1) is 10.2 Å². The predicted octanol–water partition coefficient (Wildman–Crippen LogP) is 3.35. The van der Waals surface area contributed by atoms with E-state index in [1.807, 2.05) is 55.6 Å². The third-order valence-corrected chi connectivity index (χ3v) is 3.29. The number of para-hydroxylation sites is 1. The van der Waals surface area contributed by atoms with Crippen LogP contribution in [0.5, 0.6) is 5.75 Å². The van der Waals surface area contributed by atoms with Crippen LogP contribution in [0.3, 0.4) is 0 Å². The highest BCUT2D eigenvalue weighted by atomic mass is 16.5. The summed E-state index contributed by atoms with van der Waals surface area (Å²) in [6, 6.07) is 15.9. The van der Waals surface area contributed by atoms with Gasteiger partial charge in [0.05, 0.1) is 7.11 Å². The SMILES string of the molecule is CNc1nnc(-c2ccccc2OC)c2ccccc12. The van der Waals surface area contributed by atoms with Crippen molar-refractivity contribution in [3.8, 4) is 17.0 Å². The molecule has 0 saturated carbocycles. The lowest BCUT2D eigenvalue weighted by atomic mass is 10.0. The summed E-state index contributed by atoms with van der Waals surface area (Å²) >= 11 is 0.